The van der Waals surface area contributed by atoms with Gasteiger partial charge in [-0.05, 0) is 93.0 Å². The number of aliphatic hydroxyl groups is 2. The SMILES string of the molecule is CC12CC[C@H](O)CC1CCC1C2CCC2(C)C(C3=CCOC3=O)CCC12O. The van der Waals surface area contributed by atoms with Crippen LogP contribution in [0.1, 0.15) is 71.6 Å². The Morgan fingerprint density at radius 2 is 1.85 bits per heavy atom. The molecule has 1 aliphatic heterocycles. The van der Waals surface area contributed by atoms with Gasteiger partial charge in [-0.15, -0.1) is 0 Å². The van der Waals surface area contributed by atoms with Crippen LogP contribution in [0.3, 0.4) is 0 Å². The van der Waals surface area contributed by atoms with Crippen molar-refractivity contribution in [1.29, 1.82) is 0 Å². The van der Waals surface area contributed by atoms with Crippen LogP contribution in [0, 0.1) is 34.5 Å². The highest BCUT2D eigenvalue weighted by Gasteiger charge is 2.68. The smallest absolute Gasteiger partial charge is 0.334 e. The van der Waals surface area contributed by atoms with E-state index in [1.807, 2.05) is 6.08 Å². The van der Waals surface area contributed by atoms with E-state index in [2.05, 4.69) is 13.8 Å². The minimum absolute atomic E-state index is 0.132. The van der Waals surface area contributed by atoms with Crippen molar-refractivity contribution in [3.8, 4) is 0 Å². The van der Waals surface area contributed by atoms with Gasteiger partial charge in [0, 0.05) is 11.0 Å². The number of cyclic esters (lactones) is 1. The minimum Gasteiger partial charge on any atom is -0.458 e. The largest absolute Gasteiger partial charge is 0.458 e. The molecule has 4 aliphatic carbocycles. The molecule has 4 saturated carbocycles. The first-order valence-corrected chi connectivity index (χ1v) is 11.1. The molecular weight excluding hydrogens is 340 g/mol. The van der Waals surface area contributed by atoms with Crippen molar-refractivity contribution in [3.05, 3.63) is 11.6 Å². The van der Waals surface area contributed by atoms with Crippen LogP contribution in [0.2, 0.25) is 0 Å². The van der Waals surface area contributed by atoms with E-state index in [1.165, 1.54) is 0 Å². The fraction of sp³-hybridized carbons (Fsp3) is 0.870. The van der Waals surface area contributed by atoms with E-state index < -0.39 is 5.60 Å². The molecule has 0 aromatic carbocycles. The summed E-state index contributed by atoms with van der Waals surface area (Å²) in [4.78, 5) is 12.2. The maximum Gasteiger partial charge on any atom is 0.334 e. The molecule has 27 heavy (non-hydrogen) atoms. The van der Waals surface area contributed by atoms with E-state index in [-0.39, 0.29) is 28.8 Å². The molecule has 0 aromatic heterocycles. The number of carbonyl (C=O) groups excluding carboxylic acids is 1. The molecule has 0 saturated heterocycles. The van der Waals surface area contributed by atoms with Gasteiger partial charge in [0.05, 0.1) is 11.7 Å². The summed E-state index contributed by atoms with van der Waals surface area (Å²) in [7, 11) is 0. The second-order valence-electron chi connectivity index (χ2n) is 10.7. The summed E-state index contributed by atoms with van der Waals surface area (Å²) >= 11 is 0. The summed E-state index contributed by atoms with van der Waals surface area (Å²) in [6.07, 6.45) is 10.8. The second kappa shape index (κ2) is 5.82. The Hall–Kier alpha value is -0.870. The second-order valence-corrected chi connectivity index (χ2v) is 10.7. The van der Waals surface area contributed by atoms with Crippen LogP contribution in [0.4, 0.5) is 0 Å². The van der Waals surface area contributed by atoms with E-state index in [9.17, 15) is 15.0 Å². The molecule has 4 heteroatoms. The summed E-state index contributed by atoms with van der Waals surface area (Å²) in [6.45, 7) is 5.08. The van der Waals surface area contributed by atoms with Gasteiger partial charge in [-0.2, -0.15) is 0 Å². The Morgan fingerprint density at radius 3 is 2.59 bits per heavy atom. The van der Waals surface area contributed by atoms with E-state index in [0.717, 1.165) is 63.4 Å². The monoisotopic (exact) mass is 374 g/mol. The lowest BCUT2D eigenvalue weighted by Crippen LogP contribution is -2.62. The van der Waals surface area contributed by atoms with Crippen LogP contribution in [0.25, 0.3) is 0 Å². The zero-order valence-electron chi connectivity index (χ0n) is 16.7. The van der Waals surface area contributed by atoms with Crippen molar-refractivity contribution in [2.45, 2.75) is 83.3 Å². The van der Waals surface area contributed by atoms with E-state index in [4.69, 9.17) is 4.74 Å². The lowest BCUT2D eigenvalue weighted by Gasteiger charge is -2.63. The van der Waals surface area contributed by atoms with Gasteiger partial charge in [0.15, 0.2) is 0 Å². The predicted molar refractivity (Wildman–Crippen MR) is 102 cm³/mol. The summed E-state index contributed by atoms with van der Waals surface area (Å²) in [5.74, 6) is 1.45. The topological polar surface area (TPSA) is 66.8 Å². The minimum atomic E-state index is -0.672. The van der Waals surface area contributed by atoms with E-state index >= 15 is 0 Å². The lowest BCUT2D eigenvalue weighted by atomic mass is 9.43. The highest BCUT2D eigenvalue weighted by atomic mass is 16.5. The molecule has 5 rings (SSSR count). The van der Waals surface area contributed by atoms with Crippen LogP contribution in [-0.4, -0.2) is 34.5 Å². The Labute approximate surface area is 162 Å². The van der Waals surface area contributed by atoms with Crippen molar-refractivity contribution in [2.24, 2.45) is 34.5 Å². The lowest BCUT2D eigenvalue weighted by molar-refractivity contribution is -0.208. The maximum absolute atomic E-state index is 12.2. The van der Waals surface area contributed by atoms with Crippen LogP contribution >= 0.6 is 0 Å². The Morgan fingerprint density at radius 1 is 1.04 bits per heavy atom. The molecule has 0 bridgehead atoms. The molecule has 5 aliphatic rings. The first-order chi connectivity index (χ1) is 12.8. The van der Waals surface area contributed by atoms with Crippen LogP contribution in [0.5, 0.6) is 0 Å². The summed E-state index contributed by atoms with van der Waals surface area (Å²) in [5.41, 5.74) is 0.185. The van der Waals surface area contributed by atoms with E-state index in [1.54, 1.807) is 0 Å². The molecular formula is C23H34O4. The third kappa shape index (κ3) is 2.26. The maximum atomic E-state index is 12.2. The number of ether oxygens (including phenoxy) is 1. The standard InChI is InChI=1S/C23H34O4/c1-21-9-5-15(24)13-14(21)3-4-19-18(21)6-10-22(2)17(7-11-23(19,22)26)16-8-12-27-20(16)25/h8,14-15,17-19,24,26H,3-7,9-13H2,1-2H3/t14?,15-,17?,18?,19?,21?,22?,23?/m0/s1. The fourth-order valence-corrected chi connectivity index (χ4v) is 8.36. The Bertz CT molecular complexity index is 686. The molecule has 7 unspecified atom stereocenters. The number of hydrogen-bond donors (Lipinski definition) is 2. The normalized spacial score (nSPS) is 54.6. The average Bonchev–Trinajstić information content (AvgIpc) is 3.16. The Balaban J connectivity index is 1.48. The molecule has 150 valence electrons. The van der Waals surface area contributed by atoms with Gasteiger partial charge in [-0.25, -0.2) is 4.79 Å². The molecule has 8 atom stereocenters. The average molecular weight is 375 g/mol. The highest BCUT2D eigenvalue weighted by Crippen LogP contribution is 2.69. The fourth-order valence-electron chi connectivity index (χ4n) is 8.36. The van der Waals surface area contributed by atoms with Crippen LogP contribution < -0.4 is 0 Å². The van der Waals surface area contributed by atoms with Gasteiger partial charge >= 0.3 is 5.97 Å². The van der Waals surface area contributed by atoms with Crippen molar-refractivity contribution in [1.82, 2.24) is 0 Å². The number of aliphatic hydroxyl groups excluding tert-OH is 1. The molecule has 4 nitrogen and oxygen atoms in total. The summed E-state index contributed by atoms with van der Waals surface area (Å²) in [6, 6.07) is 0. The van der Waals surface area contributed by atoms with Gasteiger partial charge in [-0.1, -0.05) is 13.8 Å². The zero-order valence-corrected chi connectivity index (χ0v) is 16.7. The van der Waals surface area contributed by atoms with Gasteiger partial charge in [0.25, 0.3) is 0 Å². The van der Waals surface area contributed by atoms with Gasteiger partial charge in [0.2, 0.25) is 0 Å². The molecule has 0 spiro atoms. The third-order valence-electron chi connectivity index (χ3n) is 9.95. The first kappa shape index (κ1) is 18.2. The molecule has 4 fully saturated rings. The first-order valence-electron chi connectivity index (χ1n) is 11.1. The summed E-state index contributed by atoms with van der Waals surface area (Å²) in [5, 5.41) is 22.3. The van der Waals surface area contributed by atoms with Gasteiger partial charge in [0.1, 0.15) is 6.61 Å². The van der Waals surface area contributed by atoms with Crippen molar-refractivity contribution < 1.29 is 19.7 Å². The van der Waals surface area contributed by atoms with Gasteiger partial charge < -0.3 is 14.9 Å². The number of rotatable bonds is 1. The third-order valence-corrected chi connectivity index (χ3v) is 9.95. The van der Waals surface area contributed by atoms with Crippen molar-refractivity contribution in [3.63, 3.8) is 0 Å². The Kier molecular flexibility index (Phi) is 3.92. The van der Waals surface area contributed by atoms with Crippen molar-refractivity contribution >= 4 is 5.97 Å². The molecule has 1 heterocycles. The molecule has 0 aromatic rings. The zero-order chi connectivity index (χ0) is 19.0. The van der Waals surface area contributed by atoms with Gasteiger partial charge in [-0.3, -0.25) is 0 Å². The number of hydrogen-bond acceptors (Lipinski definition) is 4. The van der Waals surface area contributed by atoms with Crippen LogP contribution in [0.15, 0.2) is 11.6 Å². The van der Waals surface area contributed by atoms with Crippen LogP contribution in [-0.2, 0) is 9.53 Å². The number of esters is 1. The molecule has 2 N–H and O–H groups in total. The van der Waals surface area contributed by atoms with E-state index in [0.29, 0.717) is 24.4 Å². The number of carbonyl (C=O) groups is 1. The summed E-state index contributed by atoms with van der Waals surface area (Å²) < 4.78 is 5.20. The molecule has 0 amide bonds. The quantitative estimate of drug-likeness (QED) is 0.688. The highest BCUT2D eigenvalue weighted by molar-refractivity contribution is 5.91. The molecule has 0 radical (unpaired) electrons. The number of fused-ring (bicyclic) bond motifs is 5. The van der Waals surface area contributed by atoms with Crippen molar-refractivity contribution in [2.75, 3.05) is 6.61 Å². The predicted octanol–water partition coefficient (Wildman–Crippen LogP) is 3.60.